The fourth-order valence-corrected chi connectivity index (χ4v) is 2.55. The van der Waals surface area contributed by atoms with E-state index in [4.69, 9.17) is 0 Å². The standard InChI is InChI=1S/C15H19N5O2/c1-3-20-13(16-8-17-20)12(10-5-6-10)19-15(22)11-7-4-9(2)18-14(11)21/h4,7-8,10,12H,3,5-6H2,1-2H3,(H,18,21)(H,19,22). The van der Waals surface area contributed by atoms with Gasteiger partial charge in [0.25, 0.3) is 11.5 Å². The number of aryl methyl sites for hydroxylation is 2. The van der Waals surface area contributed by atoms with E-state index < -0.39 is 0 Å². The van der Waals surface area contributed by atoms with E-state index in [1.807, 2.05) is 6.92 Å². The number of amides is 1. The Morgan fingerprint density at radius 1 is 1.50 bits per heavy atom. The van der Waals surface area contributed by atoms with Crippen LogP contribution in [0.25, 0.3) is 0 Å². The average Bonchev–Trinajstić information content (AvgIpc) is 3.21. The first kappa shape index (κ1) is 14.5. The number of H-pyrrole nitrogens is 1. The third kappa shape index (κ3) is 2.79. The predicted octanol–water partition coefficient (Wildman–Crippen LogP) is 1.18. The highest BCUT2D eigenvalue weighted by Crippen LogP contribution is 2.40. The van der Waals surface area contributed by atoms with Crippen molar-refractivity contribution in [3.63, 3.8) is 0 Å². The van der Waals surface area contributed by atoms with Crippen LogP contribution >= 0.6 is 0 Å². The van der Waals surface area contributed by atoms with Gasteiger partial charge in [0.2, 0.25) is 0 Å². The van der Waals surface area contributed by atoms with Gasteiger partial charge in [-0.15, -0.1) is 0 Å². The van der Waals surface area contributed by atoms with Gasteiger partial charge >= 0.3 is 0 Å². The van der Waals surface area contributed by atoms with Crippen LogP contribution < -0.4 is 10.9 Å². The number of aromatic nitrogens is 4. The molecule has 1 amide bonds. The van der Waals surface area contributed by atoms with Crippen LogP contribution in [-0.2, 0) is 6.54 Å². The number of nitrogens with zero attached hydrogens (tertiary/aromatic N) is 3. The molecule has 2 aromatic rings. The minimum Gasteiger partial charge on any atom is -0.342 e. The van der Waals surface area contributed by atoms with Gasteiger partial charge in [0.1, 0.15) is 17.7 Å². The third-order valence-electron chi connectivity index (χ3n) is 3.90. The van der Waals surface area contributed by atoms with E-state index in [-0.39, 0.29) is 23.1 Å². The molecule has 0 aliphatic heterocycles. The molecule has 1 saturated carbocycles. The molecule has 0 bridgehead atoms. The summed E-state index contributed by atoms with van der Waals surface area (Å²) in [5, 5.41) is 7.11. The number of pyridine rings is 1. The van der Waals surface area contributed by atoms with Gasteiger partial charge in [0, 0.05) is 12.2 Å². The predicted molar refractivity (Wildman–Crippen MR) is 80.4 cm³/mol. The first-order valence-corrected chi connectivity index (χ1v) is 7.48. The van der Waals surface area contributed by atoms with Crippen molar-refractivity contribution in [3.8, 4) is 0 Å². The highest BCUT2D eigenvalue weighted by molar-refractivity contribution is 5.94. The summed E-state index contributed by atoms with van der Waals surface area (Å²) in [5.74, 6) is 0.744. The van der Waals surface area contributed by atoms with E-state index >= 15 is 0 Å². The van der Waals surface area contributed by atoms with Gasteiger partial charge in [-0.25, -0.2) is 9.67 Å². The fourth-order valence-electron chi connectivity index (χ4n) is 2.55. The molecule has 2 N–H and O–H groups in total. The number of aromatic amines is 1. The van der Waals surface area contributed by atoms with Gasteiger partial charge in [-0.1, -0.05) is 0 Å². The Labute approximate surface area is 127 Å². The molecule has 0 radical (unpaired) electrons. The summed E-state index contributed by atoms with van der Waals surface area (Å²) in [4.78, 5) is 31.3. The maximum atomic E-state index is 12.4. The summed E-state index contributed by atoms with van der Waals surface area (Å²) >= 11 is 0. The van der Waals surface area contributed by atoms with E-state index in [0.717, 1.165) is 24.4 Å². The molecule has 0 aromatic carbocycles. The topological polar surface area (TPSA) is 92.7 Å². The molecule has 2 aromatic heterocycles. The third-order valence-corrected chi connectivity index (χ3v) is 3.90. The Hall–Kier alpha value is -2.44. The van der Waals surface area contributed by atoms with Gasteiger partial charge in [-0.2, -0.15) is 5.10 Å². The van der Waals surface area contributed by atoms with Crippen LogP contribution in [-0.4, -0.2) is 25.7 Å². The molecule has 1 aliphatic carbocycles. The lowest BCUT2D eigenvalue weighted by atomic mass is 10.1. The van der Waals surface area contributed by atoms with Gasteiger partial charge in [-0.3, -0.25) is 9.59 Å². The van der Waals surface area contributed by atoms with Crippen LogP contribution in [0.4, 0.5) is 0 Å². The van der Waals surface area contributed by atoms with E-state index in [1.165, 1.54) is 6.33 Å². The maximum absolute atomic E-state index is 12.4. The monoisotopic (exact) mass is 301 g/mol. The lowest BCUT2D eigenvalue weighted by Crippen LogP contribution is -2.35. The quantitative estimate of drug-likeness (QED) is 0.867. The largest absolute Gasteiger partial charge is 0.342 e. The molecule has 116 valence electrons. The smallest absolute Gasteiger partial charge is 0.260 e. The summed E-state index contributed by atoms with van der Waals surface area (Å²) < 4.78 is 1.78. The van der Waals surface area contributed by atoms with Crippen LogP contribution in [0.5, 0.6) is 0 Å². The van der Waals surface area contributed by atoms with E-state index in [2.05, 4.69) is 20.4 Å². The second-order valence-corrected chi connectivity index (χ2v) is 5.61. The van der Waals surface area contributed by atoms with Gasteiger partial charge in [0.15, 0.2) is 0 Å². The van der Waals surface area contributed by atoms with E-state index in [9.17, 15) is 9.59 Å². The van der Waals surface area contributed by atoms with Crippen molar-refractivity contribution < 1.29 is 4.79 Å². The number of hydrogen-bond acceptors (Lipinski definition) is 4. The van der Waals surface area contributed by atoms with Crippen LogP contribution in [0.15, 0.2) is 23.3 Å². The van der Waals surface area contributed by atoms with Gasteiger partial charge < -0.3 is 10.3 Å². The van der Waals surface area contributed by atoms with Crippen molar-refractivity contribution in [2.24, 2.45) is 5.92 Å². The number of hydrogen-bond donors (Lipinski definition) is 2. The first-order chi connectivity index (χ1) is 10.6. The Bertz CT molecular complexity index is 744. The number of rotatable bonds is 5. The molecule has 22 heavy (non-hydrogen) atoms. The second-order valence-electron chi connectivity index (χ2n) is 5.61. The van der Waals surface area contributed by atoms with Gasteiger partial charge in [-0.05, 0) is 44.7 Å². The summed E-state index contributed by atoms with van der Waals surface area (Å²) in [5.41, 5.74) is 0.480. The van der Waals surface area contributed by atoms with Crippen molar-refractivity contribution in [1.82, 2.24) is 25.1 Å². The highest BCUT2D eigenvalue weighted by Gasteiger charge is 2.36. The van der Waals surface area contributed by atoms with Crippen molar-refractivity contribution in [2.75, 3.05) is 0 Å². The van der Waals surface area contributed by atoms with Crippen molar-refractivity contribution in [2.45, 2.75) is 39.3 Å². The number of carbonyl (C=O) groups excluding carboxylic acids is 1. The Morgan fingerprint density at radius 2 is 2.27 bits per heavy atom. The maximum Gasteiger partial charge on any atom is 0.260 e. The molecule has 0 saturated heterocycles. The molecule has 7 nitrogen and oxygen atoms in total. The number of nitrogens with one attached hydrogen (secondary N) is 2. The fraction of sp³-hybridized carbons (Fsp3) is 0.467. The molecule has 1 fully saturated rings. The number of carbonyl (C=O) groups is 1. The zero-order valence-corrected chi connectivity index (χ0v) is 12.7. The highest BCUT2D eigenvalue weighted by atomic mass is 16.2. The molecule has 1 aliphatic rings. The van der Waals surface area contributed by atoms with Crippen molar-refractivity contribution in [1.29, 1.82) is 0 Å². The summed E-state index contributed by atoms with van der Waals surface area (Å²) in [6.45, 7) is 4.45. The van der Waals surface area contributed by atoms with Crippen LogP contribution in [0.3, 0.4) is 0 Å². The minimum atomic E-state index is -0.371. The first-order valence-electron chi connectivity index (χ1n) is 7.48. The van der Waals surface area contributed by atoms with Crippen LogP contribution in [0.1, 0.15) is 47.7 Å². The summed E-state index contributed by atoms with van der Waals surface area (Å²) in [7, 11) is 0. The SMILES string of the molecule is CCn1ncnc1C(NC(=O)c1ccc(C)[nH]c1=O)C1CC1. The molecule has 0 spiro atoms. The Balaban J connectivity index is 1.85. The molecule has 2 heterocycles. The summed E-state index contributed by atoms with van der Waals surface area (Å²) in [6.07, 6.45) is 3.59. The molecule has 3 rings (SSSR count). The Kier molecular flexibility index (Phi) is 3.79. The van der Waals surface area contributed by atoms with E-state index in [1.54, 1.807) is 23.7 Å². The van der Waals surface area contributed by atoms with Crippen LogP contribution in [0.2, 0.25) is 0 Å². The van der Waals surface area contributed by atoms with Crippen molar-refractivity contribution in [3.05, 3.63) is 45.9 Å². The van der Waals surface area contributed by atoms with Crippen molar-refractivity contribution >= 4 is 5.91 Å². The van der Waals surface area contributed by atoms with Crippen LogP contribution in [0, 0.1) is 12.8 Å². The normalized spacial score (nSPS) is 15.5. The van der Waals surface area contributed by atoms with E-state index in [0.29, 0.717) is 12.5 Å². The molecule has 1 unspecified atom stereocenters. The second kappa shape index (κ2) is 5.75. The lowest BCUT2D eigenvalue weighted by Gasteiger charge is -2.18. The summed E-state index contributed by atoms with van der Waals surface area (Å²) in [6, 6.07) is 3.07. The minimum absolute atomic E-state index is 0.124. The average molecular weight is 301 g/mol. The van der Waals surface area contributed by atoms with Gasteiger partial charge in [0.05, 0.1) is 6.04 Å². The molecule has 7 heteroatoms. The molecular formula is C15H19N5O2. The Morgan fingerprint density at radius 3 is 2.91 bits per heavy atom. The molecular weight excluding hydrogens is 282 g/mol. The zero-order chi connectivity index (χ0) is 15.7. The zero-order valence-electron chi connectivity index (χ0n) is 12.7. The molecule has 1 atom stereocenters. The lowest BCUT2D eigenvalue weighted by molar-refractivity contribution is 0.0927.